The second-order valence-electron chi connectivity index (χ2n) is 6.81. The van der Waals surface area contributed by atoms with Crippen molar-refractivity contribution in [1.29, 1.82) is 0 Å². The topological polar surface area (TPSA) is 52.7 Å². The summed E-state index contributed by atoms with van der Waals surface area (Å²) in [7, 11) is 3.71. The van der Waals surface area contributed by atoms with Gasteiger partial charge in [-0.3, -0.25) is 9.59 Å². The number of carbonyl (C=O) groups is 2. The summed E-state index contributed by atoms with van der Waals surface area (Å²) in [6, 6.07) is 7.25. The lowest BCUT2D eigenvalue weighted by atomic mass is 9.92. The Bertz CT molecular complexity index is 641. The molecule has 2 saturated heterocycles. The van der Waals surface area contributed by atoms with Crippen molar-refractivity contribution in [2.24, 2.45) is 11.8 Å². The van der Waals surface area contributed by atoms with E-state index in [0.29, 0.717) is 10.9 Å². The van der Waals surface area contributed by atoms with Gasteiger partial charge in [0.05, 0.1) is 12.0 Å². The Morgan fingerprint density at radius 2 is 2.16 bits per heavy atom. The van der Waals surface area contributed by atoms with E-state index in [1.54, 1.807) is 11.9 Å². The summed E-state index contributed by atoms with van der Waals surface area (Å²) in [5, 5.41) is 3.81. The monoisotopic (exact) mass is 385 g/mol. The number of benzene rings is 1. The molecule has 7 heteroatoms. The zero-order chi connectivity index (χ0) is 17.3. The van der Waals surface area contributed by atoms with E-state index < -0.39 is 0 Å². The van der Waals surface area contributed by atoms with E-state index in [0.717, 1.165) is 31.6 Å². The van der Waals surface area contributed by atoms with Gasteiger partial charge >= 0.3 is 0 Å². The standard InChI is InChI=1S/C18H24ClN3O2.ClH/c1-20-10-12-6-7-22(11-12)18(24)15-9-16(23)21(2)17(15)13-4-3-5-14(19)8-13;/h3-5,8,12,15,17,20H,6-7,9-11H2,1-2H3;1H. The van der Waals surface area contributed by atoms with Crippen LogP contribution in [0.15, 0.2) is 24.3 Å². The second kappa shape index (κ2) is 8.39. The van der Waals surface area contributed by atoms with Gasteiger partial charge in [-0.2, -0.15) is 0 Å². The molecule has 2 amide bonds. The van der Waals surface area contributed by atoms with E-state index in [9.17, 15) is 9.59 Å². The number of nitrogens with one attached hydrogen (secondary N) is 1. The molecule has 1 N–H and O–H groups in total. The first-order valence-corrected chi connectivity index (χ1v) is 8.83. The molecule has 2 aliphatic rings. The molecule has 0 aliphatic carbocycles. The van der Waals surface area contributed by atoms with Gasteiger partial charge in [-0.15, -0.1) is 12.4 Å². The van der Waals surface area contributed by atoms with Gasteiger partial charge in [0.2, 0.25) is 11.8 Å². The molecular weight excluding hydrogens is 361 g/mol. The van der Waals surface area contributed by atoms with Crippen molar-refractivity contribution in [3.05, 3.63) is 34.9 Å². The molecule has 3 rings (SSSR count). The first-order valence-electron chi connectivity index (χ1n) is 8.45. The normalized spacial score (nSPS) is 26.0. The van der Waals surface area contributed by atoms with Gasteiger partial charge in [0.25, 0.3) is 0 Å². The molecule has 3 atom stereocenters. The number of amides is 2. The van der Waals surface area contributed by atoms with Crippen molar-refractivity contribution in [3.63, 3.8) is 0 Å². The predicted molar refractivity (Wildman–Crippen MR) is 101 cm³/mol. The number of hydrogen-bond donors (Lipinski definition) is 1. The summed E-state index contributed by atoms with van der Waals surface area (Å²) in [5.74, 6) is 0.285. The largest absolute Gasteiger partial charge is 0.342 e. The first-order chi connectivity index (χ1) is 11.5. The summed E-state index contributed by atoms with van der Waals surface area (Å²) >= 11 is 6.11. The van der Waals surface area contributed by atoms with Crippen LogP contribution >= 0.6 is 24.0 Å². The molecule has 2 aliphatic heterocycles. The third-order valence-electron chi connectivity index (χ3n) is 5.18. The van der Waals surface area contributed by atoms with E-state index in [1.807, 2.05) is 36.2 Å². The highest BCUT2D eigenvalue weighted by Crippen LogP contribution is 2.39. The summed E-state index contributed by atoms with van der Waals surface area (Å²) in [5.41, 5.74) is 0.931. The SMILES string of the molecule is CNCC1CCN(C(=O)C2CC(=O)N(C)C2c2cccc(Cl)c2)C1.Cl. The van der Waals surface area contributed by atoms with Crippen LogP contribution in [-0.2, 0) is 9.59 Å². The van der Waals surface area contributed by atoms with Gasteiger partial charge in [-0.25, -0.2) is 0 Å². The maximum absolute atomic E-state index is 13.1. The molecule has 0 radical (unpaired) electrons. The van der Waals surface area contributed by atoms with Crippen molar-refractivity contribution in [2.75, 3.05) is 33.7 Å². The predicted octanol–water partition coefficient (Wildman–Crippen LogP) is 2.35. The van der Waals surface area contributed by atoms with Crippen LogP contribution in [0.2, 0.25) is 5.02 Å². The zero-order valence-electron chi connectivity index (χ0n) is 14.6. The molecule has 0 spiro atoms. The average molecular weight is 386 g/mol. The van der Waals surface area contributed by atoms with Crippen molar-refractivity contribution >= 4 is 35.8 Å². The maximum atomic E-state index is 13.1. The Morgan fingerprint density at radius 3 is 2.84 bits per heavy atom. The van der Waals surface area contributed by atoms with Crippen LogP contribution < -0.4 is 5.32 Å². The molecule has 1 aromatic carbocycles. The molecule has 138 valence electrons. The fourth-order valence-corrected chi connectivity index (χ4v) is 4.16. The van der Waals surface area contributed by atoms with E-state index >= 15 is 0 Å². The number of likely N-dealkylation sites (tertiary alicyclic amines) is 2. The fourth-order valence-electron chi connectivity index (χ4n) is 3.96. The number of nitrogens with zero attached hydrogens (tertiary/aromatic N) is 2. The molecule has 0 aromatic heterocycles. The van der Waals surface area contributed by atoms with Gasteiger partial charge in [-0.05, 0) is 43.6 Å². The highest BCUT2D eigenvalue weighted by atomic mass is 35.5. The lowest BCUT2D eigenvalue weighted by Crippen LogP contribution is -2.37. The third kappa shape index (κ3) is 4.10. The van der Waals surface area contributed by atoms with Crippen LogP contribution in [0.5, 0.6) is 0 Å². The van der Waals surface area contributed by atoms with Crippen LogP contribution in [0.1, 0.15) is 24.4 Å². The highest BCUT2D eigenvalue weighted by molar-refractivity contribution is 6.30. The van der Waals surface area contributed by atoms with Gasteiger partial charge in [0, 0.05) is 31.6 Å². The summed E-state index contributed by atoms with van der Waals surface area (Å²) < 4.78 is 0. The molecule has 0 bridgehead atoms. The lowest BCUT2D eigenvalue weighted by molar-refractivity contribution is -0.135. The number of carbonyl (C=O) groups excluding carboxylic acids is 2. The molecule has 25 heavy (non-hydrogen) atoms. The van der Waals surface area contributed by atoms with Crippen molar-refractivity contribution in [2.45, 2.75) is 18.9 Å². The van der Waals surface area contributed by atoms with Crippen molar-refractivity contribution in [3.8, 4) is 0 Å². The average Bonchev–Trinajstić information content (AvgIpc) is 3.13. The van der Waals surface area contributed by atoms with Gasteiger partial charge in [0.15, 0.2) is 0 Å². The van der Waals surface area contributed by atoms with Crippen LogP contribution in [0.25, 0.3) is 0 Å². The molecular formula is C18H25Cl2N3O2. The van der Waals surface area contributed by atoms with E-state index in [4.69, 9.17) is 11.6 Å². The fraction of sp³-hybridized carbons (Fsp3) is 0.556. The molecule has 5 nitrogen and oxygen atoms in total. The summed E-state index contributed by atoms with van der Waals surface area (Å²) in [6.45, 7) is 2.48. The molecule has 2 heterocycles. The second-order valence-corrected chi connectivity index (χ2v) is 7.25. The number of halogens is 2. The van der Waals surface area contributed by atoms with E-state index in [1.165, 1.54) is 0 Å². The van der Waals surface area contributed by atoms with Crippen LogP contribution in [0.3, 0.4) is 0 Å². The van der Waals surface area contributed by atoms with Crippen LogP contribution in [-0.4, -0.2) is 55.3 Å². The Labute approximate surface area is 160 Å². The summed E-state index contributed by atoms with van der Waals surface area (Å²) in [6.07, 6.45) is 1.30. The Morgan fingerprint density at radius 1 is 1.40 bits per heavy atom. The van der Waals surface area contributed by atoms with Gasteiger partial charge in [-0.1, -0.05) is 23.7 Å². The number of hydrogen-bond acceptors (Lipinski definition) is 3. The van der Waals surface area contributed by atoms with Crippen molar-refractivity contribution < 1.29 is 9.59 Å². The van der Waals surface area contributed by atoms with Crippen LogP contribution in [0.4, 0.5) is 0 Å². The Hall–Kier alpha value is -1.30. The lowest BCUT2D eigenvalue weighted by Gasteiger charge is -2.28. The Kier molecular flexibility index (Phi) is 6.72. The molecule has 0 saturated carbocycles. The minimum absolute atomic E-state index is 0. The van der Waals surface area contributed by atoms with Gasteiger partial charge < -0.3 is 15.1 Å². The highest BCUT2D eigenvalue weighted by Gasteiger charge is 2.45. The Balaban J connectivity index is 0.00000225. The van der Waals surface area contributed by atoms with Gasteiger partial charge in [0.1, 0.15) is 0 Å². The molecule has 1 aromatic rings. The minimum atomic E-state index is -0.325. The van der Waals surface area contributed by atoms with E-state index in [-0.39, 0.29) is 42.6 Å². The first kappa shape index (κ1) is 20.0. The zero-order valence-corrected chi connectivity index (χ0v) is 16.1. The molecule has 2 fully saturated rings. The van der Waals surface area contributed by atoms with Crippen molar-refractivity contribution in [1.82, 2.24) is 15.1 Å². The smallest absolute Gasteiger partial charge is 0.228 e. The van der Waals surface area contributed by atoms with Crippen LogP contribution in [0, 0.1) is 11.8 Å². The van der Waals surface area contributed by atoms with E-state index in [2.05, 4.69) is 5.32 Å². The number of rotatable bonds is 4. The minimum Gasteiger partial charge on any atom is -0.342 e. The third-order valence-corrected chi connectivity index (χ3v) is 5.42. The maximum Gasteiger partial charge on any atom is 0.228 e. The molecule has 3 unspecified atom stereocenters. The quantitative estimate of drug-likeness (QED) is 0.865. The summed E-state index contributed by atoms with van der Waals surface area (Å²) in [4.78, 5) is 28.9.